The van der Waals surface area contributed by atoms with Crippen molar-refractivity contribution >= 4 is 0 Å². The van der Waals surface area contributed by atoms with Crippen molar-refractivity contribution in [2.24, 2.45) is 5.73 Å². The summed E-state index contributed by atoms with van der Waals surface area (Å²) >= 11 is 0. The van der Waals surface area contributed by atoms with Crippen LogP contribution >= 0.6 is 0 Å². The molecule has 15 heavy (non-hydrogen) atoms. The molecule has 1 fully saturated rings. The van der Waals surface area contributed by atoms with E-state index in [9.17, 15) is 0 Å². The van der Waals surface area contributed by atoms with Crippen LogP contribution in [0.5, 0.6) is 11.5 Å². The van der Waals surface area contributed by atoms with E-state index in [0.29, 0.717) is 13.2 Å². The van der Waals surface area contributed by atoms with Gasteiger partial charge in [0.1, 0.15) is 17.6 Å². The van der Waals surface area contributed by atoms with Crippen LogP contribution in [0.3, 0.4) is 0 Å². The first-order valence-corrected chi connectivity index (χ1v) is 4.93. The average Bonchev–Trinajstić information content (AvgIpc) is 2.66. The van der Waals surface area contributed by atoms with E-state index in [2.05, 4.69) is 0 Å². The number of nitrogens with two attached hydrogens (primary N) is 1. The highest BCUT2D eigenvalue weighted by atomic mass is 16.5. The summed E-state index contributed by atoms with van der Waals surface area (Å²) in [5.41, 5.74) is 5.81. The molecule has 1 heterocycles. The molecule has 1 saturated heterocycles. The van der Waals surface area contributed by atoms with Gasteiger partial charge in [0.15, 0.2) is 0 Å². The zero-order valence-corrected chi connectivity index (χ0v) is 8.68. The highest BCUT2D eigenvalue weighted by Gasteiger charge is 2.26. The predicted octanol–water partition coefficient (Wildman–Crippen LogP) is 0.800. The van der Waals surface area contributed by atoms with Crippen LogP contribution in [0.4, 0.5) is 0 Å². The highest BCUT2D eigenvalue weighted by Crippen LogP contribution is 2.20. The zero-order valence-electron chi connectivity index (χ0n) is 8.68. The van der Waals surface area contributed by atoms with Crippen molar-refractivity contribution in [1.29, 1.82) is 0 Å². The molecular formula is C11H15NO3. The molecule has 0 amide bonds. The van der Waals surface area contributed by atoms with E-state index in [1.807, 2.05) is 24.3 Å². The molecule has 2 atom stereocenters. The third-order valence-corrected chi connectivity index (χ3v) is 2.42. The SMILES string of the molecule is COc1ccc(OC2COCC2N)cc1. The Morgan fingerprint density at radius 3 is 2.40 bits per heavy atom. The Morgan fingerprint density at radius 1 is 1.20 bits per heavy atom. The smallest absolute Gasteiger partial charge is 0.139 e. The Bertz CT molecular complexity index is 312. The normalized spacial score (nSPS) is 25.2. The zero-order chi connectivity index (χ0) is 10.7. The van der Waals surface area contributed by atoms with Crippen molar-refractivity contribution in [2.75, 3.05) is 20.3 Å². The van der Waals surface area contributed by atoms with Crippen molar-refractivity contribution in [3.63, 3.8) is 0 Å². The van der Waals surface area contributed by atoms with Gasteiger partial charge in [-0.25, -0.2) is 0 Å². The van der Waals surface area contributed by atoms with Gasteiger partial charge < -0.3 is 19.9 Å². The van der Waals surface area contributed by atoms with E-state index < -0.39 is 0 Å². The summed E-state index contributed by atoms with van der Waals surface area (Å²) in [6.07, 6.45) is -0.0432. The summed E-state index contributed by atoms with van der Waals surface area (Å²) < 4.78 is 15.9. The van der Waals surface area contributed by atoms with Crippen molar-refractivity contribution in [3.05, 3.63) is 24.3 Å². The van der Waals surface area contributed by atoms with Gasteiger partial charge in [-0.2, -0.15) is 0 Å². The molecule has 1 aliphatic rings. The molecule has 4 heteroatoms. The molecular weight excluding hydrogens is 194 g/mol. The number of rotatable bonds is 3. The number of methoxy groups -OCH3 is 1. The van der Waals surface area contributed by atoms with Gasteiger partial charge in [0.05, 0.1) is 26.4 Å². The van der Waals surface area contributed by atoms with Crippen LogP contribution in [-0.2, 0) is 4.74 Å². The highest BCUT2D eigenvalue weighted by molar-refractivity contribution is 5.31. The van der Waals surface area contributed by atoms with Gasteiger partial charge in [-0.15, -0.1) is 0 Å². The first-order valence-electron chi connectivity index (χ1n) is 4.93. The number of benzene rings is 1. The lowest BCUT2D eigenvalue weighted by Crippen LogP contribution is -2.37. The van der Waals surface area contributed by atoms with Crippen LogP contribution in [0.25, 0.3) is 0 Å². The molecule has 0 radical (unpaired) electrons. The largest absolute Gasteiger partial charge is 0.497 e. The van der Waals surface area contributed by atoms with Crippen LogP contribution < -0.4 is 15.2 Å². The number of hydrogen-bond donors (Lipinski definition) is 1. The lowest BCUT2D eigenvalue weighted by Gasteiger charge is -2.15. The Labute approximate surface area is 88.9 Å². The molecule has 2 N–H and O–H groups in total. The van der Waals surface area contributed by atoms with Crippen LogP contribution in [-0.4, -0.2) is 32.5 Å². The van der Waals surface area contributed by atoms with Crippen LogP contribution in [0.2, 0.25) is 0 Å². The molecule has 1 aromatic rings. The molecule has 2 unspecified atom stereocenters. The second-order valence-electron chi connectivity index (χ2n) is 3.53. The molecule has 4 nitrogen and oxygen atoms in total. The summed E-state index contributed by atoms with van der Waals surface area (Å²) in [4.78, 5) is 0. The molecule has 0 bridgehead atoms. The lowest BCUT2D eigenvalue weighted by atomic mass is 10.2. The minimum atomic E-state index is -0.0432. The summed E-state index contributed by atoms with van der Waals surface area (Å²) in [5.74, 6) is 1.61. The lowest BCUT2D eigenvalue weighted by molar-refractivity contribution is 0.140. The molecule has 0 aromatic heterocycles. The van der Waals surface area contributed by atoms with Gasteiger partial charge in [-0.1, -0.05) is 0 Å². The van der Waals surface area contributed by atoms with E-state index in [1.165, 1.54) is 0 Å². The summed E-state index contributed by atoms with van der Waals surface area (Å²) in [5, 5.41) is 0. The minimum absolute atomic E-state index is 0.0351. The third-order valence-electron chi connectivity index (χ3n) is 2.42. The monoisotopic (exact) mass is 209 g/mol. The first kappa shape index (κ1) is 10.3. The topological polar surface area (TPSA) is 53.7 Å². The summed E-state index contributed by atoms with van der Waals surface area (Å²) in [6.45, 7) is 1.13. The Kier molecular flexibility index (Phi) is 3.08. The van der Waals surface area contributed by atoms with Crippen molar-refractivity contribution in [3.8, 4) is 11.5 Å². The Morgan fingerprint density at radius 2 is 1.87 bits per heavy atom. The van der Waals surface area contributed by atoms with Gasteiger partial charge in [-0.05, 0) is 24.3 Å². The van der Waals surface area contributed by atoms with E-state index in [0.717, 1.165) is 11.5 Å². The molecule has 1 aliphatic heterocycles. The second kappa shape index (κ2) is 4.51. The second-order valence-corrected chi connectivity index (χ2v) is 3.53. The summed E-state index contributed by atoms with van der Waals surface area (Å²) in [6, 6.07) is 7.41. The van der Waals surface area contributed by atoms with E-state index >= 15 is 0 Å². The quantitative estimate of drug-likeness (QED) is 0.800. The Hall–Kier alpha value is -1.26. The maximum absolute atomic E-state index is 5.81. The van der Waals surface area contributed by atoms with E-state index in [1.54, 1.807) is 7.11 Å². The fourth-order valence-corrected chi connectivity index (χ4v) is 1.50. The van der Waals surface area contributed by atoms with Gasteiger partial charge >= 0.3 is 0 Å². The van der Waals surface area contributed by atoms with Crippen LogP contribution in [0, 0.1) is 0 Å². The number of hydrogen-bond acceptors (Lipinski definition) is 4. The fraction of sp³-hybridized carbons (Fsp3) is 0.455. The summed E-state index contributed by atoms with van der Waals surface area (Å²) in [7, 11) is 1.64. The Balaban J connectivity index is 1.98. The minimum Gasteiger partial charge on any atom is -0.497 e. The van der Waals surface area contributed by atoms with Gasteiger partial charge in [0.2, 0.25) is 0 Å². The van der Waals surface area contributed by atoms with Crippen molar-refractivity contribution in [1.82, 2.24) is 0 Å². The van der Waals surface area contributed by atoms with Crippen LogP contribution in [0.15, 0.2) is 24.3 Å². The van der Waals surface area contributed by atoms with Gasteiger partial charge in [-0.3, -0.25) is 0 Å². The van der Waals surface area contributed by atoms with E-state index in [-0.39, 0.29) is 12.1 Å². The molecule has 1 aromatic carbocycles. The molecule has 0 spiro atoms. The van der Waals surface area contributed by atoms with Crippen LogP contribution in [0.1, 0.15) is 0 Å². The standard InChI is InChI=1S/C11H15NO3/c1-13-8-2-4-9(5-3-8)15-11-7-14-6-10(11)12/h2-5,10-11H,6-7,12H2,1H3. The first-order chi connectivity index (χ1) is 7.29. The maximum atomic E-state index is 5.81. The maximum Gasteiger partial charge on any atom is 0.139 e. The third kappa shape index (κ3) is 2.40. The predicted molar refractivity (Wildman–Crippen MR) is 56.2 cm³/mol. The fourth-order valence-electron chi connectivity index (χ4n) is 1.50. The average molecular weight is 209 g/mol. The number of ether oxygens (including phenoxy) is 3. The molecule has 82 valence electrons. The van der Waals surface area contributed by atoms with Crippen molar-refractivity contribution in [2.45, 2.75) is 12.1 Å². The molecule has 2 rings (SSSR count). The van der Waals surface area contributed by atoms with Crippen molar-refractivity contribution < 1.29 is 14.2 Å². The molecule has 0 saturated carbocycles. The van der Waals surface area contributed by atoms with Gasteiger partial charge in [0.25, 0.3) is 0 Å². The van der Waals surface area contributed by atoms with E-state index in [4.69, 9.17) is 19.9 Å². The van der Waals surface area contributed by atoms with Gasteiger partial charge in [0, 0.05) is 0 Å². The molecule has 0 aliphatic carbocycles.